The van der Waals surface area contributed by atoms with Crippen LogP contribution in [0.5, 0.6) is 0 Å². The molecule has 4 atom stereocenters. The zero-order valence-electron chi connectivity index (χ0n) is 16.7. The molecule has 0 radical (unpaired) electrons. The van der Waals surface area contributed by atoms with E-state index in [1.165, 1.54) is 19.4 Å². The van der Waals surface area contributed by atoms with Gasteiger partial charge in [0, 0.05) is 18.4 Å². The summed E-state index contributed by atoms with van der Waals surface area (Å²) in [6.07, 6.45) is 6.65. The van der Waals surface area contributed by atoms with Crippen LogP contribution in [0.15, 0.2) is 35.5 Å². The number of carbonyl (C=O) groups is 3. The van der Waals surface area contributed by atoms with Crippen molar-refractivity contribution in [1.29, 1.82) is 0 Å². The van der Waals surface area contributed by atoms with E-state index >= 15 is 0 Å². The SMILES string of the molecule is C=C1C(=O)O[C@@H]2/C=C(\C)CC/C=C(\C)CC[C@@H](C(C)=O)[C@@H](OC(C)=O)C[C@H]12. The molecule has 0 unspecified atom stereocenters. The normalized spacial score (nSPS) is 33.8. The van der Waals surface area contributed by atoms with Crippen molar-refractivity contribution in [3.05, 3.63) is 35.5 Å². The molecule has 1 fully saturated rings. The minimum atomic E-state index is -0.596. The third kappa shape index (κ3) is 5.65. The number of fused-ring (bicyclic) bond motifs is 1. The van der Waals surface area contributed by atoms with E-state index in [1.807, 2.05) is 13.0 Å². The van der Waals surface area contributed by atoms with Gasteiger partial charge in [0.15, 0.2) is 0 Å². The van der Waals surface area contributed by atoms with Crippen molar-refractivity contribution < 1.29 is 23.9 Å². The third-order valence-corrected chi connectivity index (χ3v) is 5.45. The minimum absolute atomic E-state index is 0.0111. The molecule has 0 aromatic carbocycles. The maximum absolute atomic E-state index is 12.3. The zero-order chi connectivity index (χ0) is 20.1. The summed E-state index contributed by atoms with van der Waals surface area (Å²) in [4.78, 5) is 36.1. The first kappa shape index (κ1) is 21.1. The van der Waals surface area contributed by atoms with Crippen molar-refractivity contribution in [2.45, 2.75) is 72.0 Å². The van der Waals surface area contributed by atoms with E-state index in [0.717, 1.165) is 24.8 Å². The molecule has 0 amide bonds. The van der Waals surface area contributed by atoms with Gasteiger partial charge in [0.2, 0.25) is 0 Å². The summed E-state index contributed by atoms with van der Waals surface area (Å²) in [5.41, 5.74) is 2.75. The average Bonchev–Trinajstić information content (AvgIpc) is 2.81. The van der Waals surface area contributed by atoms with Crippen LogP contribution in [0.3, 0.4) is 0 Å². The van der Waals surface area contributed by atoms with E-state index in [4.69, 9.17) is 9.47 Å². The van der Waals surface area contributed by atoms with Crippen molar-refractivity contribution in [2.24, 2.45) is 11.8 Å². The van der Waals surface area contributed by atoms with Crippen LogP contribution >= 0.6 is 0 Å². The third-order valence-electron chi connectivity index (χ3n) is 5.45. The van der Waals surface area contributed by atoms with Crippen LogP contribution in [-0.4, -0.2) is 29.9 Å². The standard InChI is InChI=1S/C22H30O5/c1-13-7-6-8-14(2)11-20-19(15(3)22(25)27-20)12-21(26-17(5)24)18(10-9-13)16(4)23/h7,11,18-21H,3,6,8-10,12H2,1-2,4-5H3/b13-7+,14-11+/t18-,19+,20+,21-/m0/s1. The molecule has 1 aliphatic carbocycles. The lowest BCUT2D eigenvalue weighted by atomic mass is 9.82. The van der Waals surface area contributed by atoms with Gasteiger partial charge in [-0.2, -0.15) is 0 Å². The second kappa shape index (κ2) is 9.16. The number of Topliss-reactive ketones (excluding diaryl/α,β-unsaturated/α-hetero) is 1. The molecular formula is C22H30O5. The van der Waals surface area contributed by atoms with Crippen LogP contribution < -0.4 is 0 Å². The number of ketones is 1. The maximum atomic E-state index is 12.3. The number of carbonyl (C=O) groups excluding carboxylic acids is 3. The summed E-state index contributed by atoms with van der Waals surface area (Å²) >= 11 is 0. The number of hydrogen-bond donors (Lipinski definition) is 0. The molecule has 0 saturated carbocycles. The van der Waals surface area contributed by atoms with E-state index in [2.05, 4.69) is 19.6 Å². The Morgan fingerprint density at radius 3 is 2.52 bits per heavy atom. The first-order valence-corrected chi connectivity index (χ1v) is 9.59. The van der Waals surface area contributed by atoms with Crippen molar-refractivity contribution in [3.8, 4) is 0 Å². The quantitative estimate of drug-likeness (QED) is 0.414. The van der Waals surface area contributed by atoms with Crippen LogP contribution in [0, 0.1) is 11.8 Å². The van der Waals surface area contributed by atoms with Crippen LogP contribution in [0.4, 0.5) is 0 Å². The second-order valence-corrected chi connectivity index (χ2v) is 7.74. The molecule has 1 aliphatic heterocycles. The van der Waals surface area contributed by atoms with Gasteiger partial charge in [-0.1, -0.05) is 23.8 Å². The van der Waals surface area contributed by atoms with Crippen molar-refractivity contribution >= 4 is 17.7 Å². The monoisotopic (exact) mass is 374 g/mol. The molecular weight excluding hydrogens is 344 g/mol. The Bertz CT molecular complexity index is 685. The van der Waals surface area contributed by atoms with Gasteiger partial charge in [0.25, 0.3) is 0 Å². The fourth-order valence-electron chi connectivity index (χ4n) is 3.86. The van der Waals surface area contributed by atoms with Crippen LogP contribution in [0.1, 0.15) is 59.8 Å². The Labute approximate surface area is 161 Å². The van der Waals surface area contributed by atoms with Crippen molar-refractivity contribution in [2.75, 3.05) is 0 Å². The largest absolute Gasteiger partial charge is 0.462 e. The number of ether oxygens (including phenoxy) is 2. The zero-order valence-corrected chi connectivity index (χ0v) is 16.7. The highest BCUT2D eigenvalue weighted by atomic mass is 16.6. The van der Waals surface area contributed by atoms with Gasteiger partial charge in [-0.15, -0.1) is 0 Å². The predicted octanol–water partition coefficient (Wildman–Crippen LogP) is 4.08. The van der Waals surface area contributed by atoms with Gasteiger partial charge in [-0.3, -0.25) is 9.59 Å². The Morgan fingerprint density at radius 1 is 1.19 bits per heavy atom. The Kier molecular flexibility index (Phi) is 7.17. The summed E-state index contributed by atoms with van der Waals surface area (Å²) in [5, 5.41) is 0. The first-order chi connectivity index (χ1) is 12.7. The Morgan fingerprint density at radius 2 is 1.89 bits per heavy atom. The van der Waals surface area contributed by atoms with E-state index in [0.29, 0.717) is 18.4 Å². The van der Waals surface area contributed by atoms with Gasteiger partial charge in [-0.25, -0.2) is 4.79 Å². The van der Waals surface area contributed by atoms with E-state index in [1.54, 1.807) is 0 Å². The Balaban J connectivity index is 2.41. The maximum Gasteiger partial charge on any atom is 0.334 e. The lowest BCUT2D eigenvalue weighted by Gasteiger charge is -2.28. The summed E-state index contributed by atoms with van der Waals surface area (Å²) in [7, 11) is 0. The van der Waals surface area contributed by atoms with Crippen molar-refractivity contribution in [1.82, 2.24) is 0 Å². The molecule has 5 nitrogen and oxygen atoms in total. The van der Waals surface area contributed by atoms with Crippen LogP contribution in [-0.2, 0) is 23.9 Å². The van der Waals surface area contributed by atoms with Crippen LogP contribution in [0.25, 0.3) is 0 Å². The summed E-state index contributed by atoms with van der Waals surface area (Å²) in [6, 6.07) is 0. The fourth-order valence-corrected chi connectivity index (χ4v) is 3.86. The lowest BCUT2D eigenvalue weighted by Crippen LogP contribution is -2.34. The topological polar surface area (TPSA) is 69.7 Å². The predicted molar refractivity (Wildman–Crippen MR) is 103 cm³/mol. The molecule has 0 N–H and O–H groups in total. The van der Waals surface area contributed by atoms with Gasteiger partial charge in [0.05, 0.1) is 5.92 Å². The summed E-state index contributed by atoms with van der Waals surface area (Å²) in [5.74, 6) is -1.57. The number of rotatable bonds is 2. The molecule has 1 saturated heterocycles. The Hall–Kier alpha value is -2.17. The van der Waals surface area contributed by atoms with Gasteiger partial charge in [-0.05, 0) is 59.0 Å². The minimum Gasteiger partial charge on any atom is -0.462 e. The van der Waals surface area contributed by atoms with E-state index in [-0.39, 0.29) is 11.7 Å². The molecule has 0 spiro atoms. The molecule has 0 aromatic heterocycles. The number of esters is 2. The second-order valence-electron chi connectivity index (χ2n) is 7.74. The van der Waals surface area contributed by atoms with E-state index in [9.17, 15) is 14.4 Å². The van der Waals surface area contributed by atoms with Gasteiger partial charge < -0.3 is 9.47 Å². The highest BCUT2D eigenvalue weighted by Crippen LogP contribution is 2.36. The van der Waals surface area contributed by atoms with Gasteiger partial charge in [0.1, 0.15) is 18.0 Å². The molecule has 5 heteroatoms. The fraction of sp³-hybridized carbons (Fsp3) is 0.591. The van der Waals surface area contributed by atoms with E-state index < -0.39 is 30.1 Å². The highest BCUT2D eigenvalue weighted by molar-refractivity contribution is 5.91. The molecule has 0 aromatic rings. The van der Waals surface area contributed by atoms with Crippen molar-refractivity contribution in [3.63, 3.8) is 0 Å². The van der Waals surface area contributed by atoms with Gasteiger partial charge >= 0.3 is 11.9 Å². The van der Waals surface area contributed by atoms with Crippen LogP contribution in [0.2, 0.25) is 0 Å². The molecule has 148 valence electrons. The molecule has 27 heavy (non-hydrogen) atoms. The average molecular weight is 374 g/mol. The molecule has 0 bridgehead atoms. The molecule has 1 heterocycles. The molecule has 2 aliphatic rings. The molecule has 2 rings (SSSR count). The lowest BCUT2D eigenvalue weighted by molar-refractivity contribution is -0.152. The smallest absolute Gasteiger partial charge is 0.334 e. The summed E-state index contributed by atoms with van der Waals surface area (Å²) in [6.45, 7) is 10.9. The summed E-state index contributed by atoms with van der Waals surface area (Å²) < 4.78 is 11.0. The number of allylic oxidation sites excluding steroid dienone is 3. The highest BCUT2D eigenvalue weighted by Gasteiger charge is 2.41. The first-order valence-electron chi connectivity index (χ1n) is 9.59. The number of hydrogen-bond acceptors (Lipinski definition) is 5.